The van der Waals surface area contributed by atoms with Gasteiger partial charge in [0, 0.05) is 102 Å². The molecule has 0 radical (unpaired) electrons. The van der Waals surface area contributed by atoms with Crippen LogP contribution < -0.4 is 9.64 Å². The number of ether oxygens (including phenoxy) is 4. The lowest BCUT2D eigenvalue weighted by Crippen LogP contribution is -2.81. The Morgan fingerprint density at radius 3 is 2.04 bits per heavy atom. The van der Waals surface area contributed by atoms with Crippen molar-refractivity contribution in [2.75, 3.05) is 66.0 Å². The van der Waals surface area contributed by atoms with Crippen LogP contribution in [0.3, 0.4) is 0 Å². The summed E-state index contributed by atoms with van der Waals surface area (Å²) in [6, 6.07) is 18.5. The van der Waals surface area contributed by atoms with Crippen LogP contribution in [0.1, 0.15) is 75.3 Å². The molecule has 5 N–H and O–H groups in total. The lowest BCUT2D eigenvalue weighted by Gasteiger charge is -2.63. The summed E-state index contributed by atoms with van der Waals surface area (Å²) in [7, 11) is -2.78. The molecule has 19 nitrogen and oxygen atoms in total. The highest BCUT2D eigenvalue weighted by molar-refractivity contribution is 7.86. The summed E-state index contributed by atoms with van der Waals surface area (Å²) in [5.74, 6) is -1.56. The summed E-state index contributed by atoms with van der Waals surface area (Å²) in [6.45, 7) is 8.62. The van der Waals surface area contributed by atoms with Gasteiger partial charge in [-0.3, -0.25) is 28.5 Å². The monoisotopic (exact) mass is 1100 g/mol. The molecule has 2 saturated heterocycles. The van der Waals surface area contributed by atoms with Crippen LogP contribution in [0, 0.1) is 11.3 Å². The molecule has 4 aromatic carbocycles. The number of nitrogens with one attached hydrogen (secondary N) is 1. The van der Waals surface area contributed by atoms with E-state index in [9.17, 15) is 36.6 Å². The van der Waals surface area contributed by atoms with Crippen LogP contribution in [0.4, 0.5) is 5.69 Å². The number of aromatic amines is 1. The predicted octanol–water partition coefficient (Wildman–Crippen LogP) is 5.32. The molecule has 1 aliphatic carbocycles. The number of H-pyrrole nitrogens is 1. The molecule has 412 valence electrons. The van der Waals surface area contributed by atoms with Crippen LogP contribution >= 0.6 is 0 Å². The van der Waals surface area contributed by atoms with Crippen LogP contribution in [-0.4, -0.2) is 159 Å². The number of methoxy groups -OCH3 is 3. The van der Waals surface area contributed by atoms with Crippen molar-refractivity contribution in [3.05, 3.63) is 107 Å². The highest BCUT2D eigenvalue weighted by Crippen LogP contribution is 2.68. The average Bonchev–Trinajstić information content (AvgIpc) is 4.19. The average molecular weight is 1100 g/mol. The van der Waals surface area contributed by atoms with E-state index in [-0.39, 0.29) is 22.7 Å². The Kier molecular flexibility index (Phi) is 13.6. The first-order valence-corrected chi connectivity index (χ1v) is 28.8. The molecule has 3 fully saturated rings. The molecule has 1 spiro atoms. The number of fused-ring (bicyclic) bond motifs is 7. The number of esters is 3. The van der Waals surface area contributed by atoms with Gasteiger partial charge in [0.25, 0.3) is 20.2 Å². The van der Waals surface area contributed by atoms with Crippen molar-refractivity contribution >= 4 is 65.5 Å². The van der Waals surface area contributed by atoms with Crippen molar-refractivity contribution in [2.45, 2.75) is 109 Å². The summed E-state index contributed by atoms with van der Waals surface area (Å²) in [5, 5.41) is 26.4. The molecular weight excluding hydrogens is 1030 g/mol. The first kappa shape index (κ1) is 54.4. The number of para-hydroxylation sites is 1. The fraction of sp³-hybridized carbons (Fsp3) is 0.482. The minimum atomic E-state index is -4.47. The van der Waals surface area contributed by atoms with Gasteiger partial charge in [0.15, 0.2) is 6.10 Å². The largest absolute Gasteiger partial charge is 0.496 e. The van der Waals surface area contributed by atoms with Gasteiger partial charge in [-0.25, -0.2) is 4.79 Å². The van der Waals surface area contributed by atoms with Gasteiger partial charge in [0.05, 0.1) is 33.0 Å². The van der Waals surface area contributed by atoms with Gasteiger partial charge in [0.2, 0.25) is 5.60 Å². The number of rotatable bonds is 9. The molecule has 10 atom stereocenters. The van der Waals surface area contributed by atoms with E-state index < -0.39 is 87.5 Å². The number of aliphatic hydroxyl groups is 2. The predicted molar refractivity (Wildman–Crippen MR) is 284 cm³/mol. The van der Waals surface area contributed by atoms with Gasteiger partial charge >= 0.3 is 17.9 Å². The Labute approximate surface area is 447 Å². The first-order valence-electron chi connectivity index (χ1n) is 25.9. The fourth-order valence-corrected chi connectivity index (χ4v) is 16.6. The van der Waals surface area contributed by atoms with Crippen LogP contribution in [0.5, 0.6) is 5.75 Å². The molecule has 1 aromatic heterocycles. The Bertz CT molecular complexity index is 3420. The van der Waals surface area contributed by atoms with Gasteiger partial charge < -0.3 is 39.0 Å². The maximum atomic E-state index is 15.3. The minimum Gasteiger partial charge on any atom is -0.496 e. The molecule has 6 aliphatic rings. The van der Waals surface area contributed by atoms with E-state index in [2.05, 4.69) is 39.1 Å². The Morgan fingerprint density at radius 2 is 1.44 bits per heavy atom. The van der Waals surface area contributed by atoms with Gasteiger partial charge in [-0.2, -0.15) is 16.8 Å². The molecule has 5 aromatic rings. The molecular formula is C56H66N4O15S2. The summed E-state index contributed by atoms with van der Waals surface area (Å²) in [6.07, 6.45) is 5.94. The van der Waals surface area contributed by atoms with Crippen molar-refractivity contribution < 1.29 is 69.5 Å². The van der Waals surface area contributed by atoms with Crippen molar-refractivity contribution in [1.82, 2.24) is 14.8 Å². The summed E-state index contributed by atoms with van der Waals surface area (Å²) in [4.78, 5) is 52.3. The highest BCUT2D eigenvalue weighted by atomic mass is 32.2. The number of likely N-dealkylation sites (N-methyl/N-ethyl adjacent to an activating group) is 1. The first-order chi connectivity index (χ1) is 36.4. The summed E-state index contributed by atoms with van der Waals surface area (Å²) in [5.41, 5.74) is -1.62. The van der Waals surface area contributed by atoms with Crippen LogP contribution in [0.2, 0.25) is 0 Å². The van der Waals surface area contributed by atoms with Gasteiger partial charge in [0.1, 0.15) is 21.0 Å². The molecule has 5 aliphatic heterocycles. The van der Waals surface area contributed by atoms with Crippen molar-refractivity contribution in [3.63, 3.8) is 0 Å². The van der Waals surface area contributed by atoms with E-state index in [1.54, 1.807) is 7.11 Å². The van der Waals surface area contributed by atoms with Gasteiger partial charge in [-0.15, -0.1) is 0 Å². The zero-order chi connectivity index (χ0) is 55.4. The van der Waals surface area contributed by atoms with Crippen molar-refractivity contribution in [1.29, 1.82) is 0 Å². The quantitative estimate of drug-likeness (QED) is 0.0541. The zero-order valence-electron chi connectivity index (χ0n) is 44.1. The number of nitrogens with zero attached hydrogens (tertiary/aromatic N) is 3. The zero-order valence-corrected chi connectivity index (χ0v) is 45.7. The van der Waals surface area contributed by atoms with E-state index in [0.717, 1.165) is 45.5 Å². The molecule has 21 heteroatoms. The van der Waals surface area contributed by atoms with Gasteiger partial charge in [-0.1, -0.05) is 68.5 Å². The molecule has 0 amide bonds. The van der Waals surface area contributed by atoms with E-state index in [1.165, 1.54) is 45.4 Å². The van der Waals surface area contributed by atoms with Crippen molar-refractivity contribution in [2.24, 2.45) is 11.3 Å². The molecule has 2 bridgehead atoms. The number of hydrogen-bond donors (Lipinski definition) is 5. The highest BCUT2D eigenvalue weighted by Gasteiger charge is 2.80. The summed E-state index contributed by atoms with van der Waals surface area (Å²) >= 11 is 0. The van der Waals surface area contributed by atoms with E-state index in [4.69, 9.17) is 28.1 Å². The number of aromatic nitrogens is 1. The molecule has 77 heavy (non-hydrogen) atoms. The summed E-state index contributed by atoms with van der Waals surface area (Å²) < 4.78 is 86.6. The minimum absolute atomic E-state index is 0.0233. The third-order valence-electron chi connectivity index (χ3n) is 18.0. The van der Waals surface area contributed by atoms with Crippen LogP contribution in [-0.2, 0) is 66.1 Å². The van der Waals surface area contributed by atoms with Gasteiger partial charge in [-0.05, 0) is 86.4 Å². The lowest BCUT2D eigenvalue weighted by molar-refractivity contribution is -0.228. The molecule has 0 unspecified atom stereocenters. The van der Waals surface area contributed by atoms with E-state index >= 15 is 4.79 Å². The third-order valence-corrected chi connectivity index (χ3v) is 19.8. The second-order valence-corrected chi connectivity index (χ2v) is 24.5. The SMILES string of the molecule is CC[C@]1(O)C[C@@H]2C[N@@](CCc3c([nH]c4ccccc34)[C@@](C(=O)OC)(c3cc4c(cc3OC)N(C)[C@H]3[C@@](O)(C(=O)OC)[C@H](OC(C)=O)[C@]5(CC)C=CCN6CC[C@]43[C@@H]65)C2)C1.O=S(=O)(O)c1cccc2c(S(=O)(=O)O)cccc12. The molecule has 6 heterocycles. The lowest BCUT2D eigenvalue weighted by atomic mass is 9.47. The third kappa shape index (κ3) is 8.12. The van der Waals surface area contributed by atoms with E-state index in [0.29, 0.717) is 82.6 Å². The maximum absolute atomic E-state index is 15.3. The number of carbonyl (C=O) groups excluding carboxylic acids is 3. The maximum Gasteiger partial charge on any atom is 0.344 e. The number of piperidine rings is 1. The fourth-order valence-electron chi connectivity index (χ4n) is 15.2. The number of carbonyl (C=O) groups is 3. The Balaban J connectivity index is 0.000000316. The smallest absolute Gasteiger partial charge is 0.344 e. The van der Waals surface area contributed by atoms with Crippen molar-refractivity contribution in [3.8, 4) is 5.75 Å². The molecule has 11 rings (SSSR count). The number of anilines is 1. The number of benzene rings is 4. The van der Waals surface area contributed by atoms with E-state index in [1.807, 2.05) is 50.1 Å². The molecule has 1 saturated carbocycles. The standard InChI is InChI=1S/C46H58N4O9.C10H8O6S2/c1-8-42(54)23-28-24-45(40(52)57-6,36-30(15-19-49(25-28)26-42)29-13-10-11-14-33(29)47-36)32-21-31-34(22-35(32)56-5)48(4)38-44(31)17-20-50-18-12-16-43(9-2,37(44)50)39(59-27(3)51)46(38,55)41(53)58-7;11-17(12,13)9-5-1-3-7-8(9)4-2-6-10(7)18(14,15)16/h10-14,16,21-22,28,37-39,47,54-55H,8-9,15,17-20,23-26H2,1-7H3;1-6H,(H,11,12,13)(H,14,15,16)/t28-,37-,38+,39+,42-,43+,44+,45-,46-;/m0./s1. The second kappa shape index (κ2) is 19.2. The Morgan fingerprint density at radius 1 is 0.792 bits per heavy atom. The normalized spacial score (nSPS) is 31.3. The topological polar surface area (TPSA) is 263 Å². The van der Waals surface area contributed by atoms with Crippen LogP contribution in [0.25, 0.3) is 21.7 Å². The Hall–Kier alpha value is -5.91. The number of hydrogen-bond acceptors (Lipinski definition) is 16. The second-order valence-electron chi connectivity index (χ2n) is 21.8. The van der Waals surface area contributed by atoms with Crippen LogP contribution in [0.15, 0.2) is 94.7 Å².